The fourth-order valence-electron chi connectivity index (χ4n) is 3.79. The third kappa shape index (κ3) is 7.87. The van der Waals surface area contributed by atoms with Gasteiger partial charge in [0.2, 0.25) is 15.9 Å². The average Bonchev–Trinajstić information content (AvgIpc) is 2.87. The number of rotatable bonds is 12. The van der Waals surface area contributed by atoms with Crippen LogP contribution in [0.2, 0.25) is 0 Å². The van der Waals surface area contributed by atoms with E-state index >= 15 is 0 Å². The number of hydrogen-bond donors (Lipinski definition) is 2. The van der Waals surface area contributed by atoms with E-state index in [9.17, 15) is 21.6 Å². The summed E-state index contributed by atoms with van der Waals surface area (Å²) in [6.07, 6.45) is 1.51. The molecule has 0 radical (unpaired) electrons. The van der Waals surface area contributed by atoms with Crippen molar-refractivity contribution < 1.29 is 31.1 Å². The van der Waals surface area contributed by atoms with Gasteiger partial charge >= 0.3 is 0 Å². The Labute approximate surface area is 230 Å². The number of hydrogen-bond acceptors (Lipinski definition) is 7. The topological polar surface area (TPSA) is 131 Å². The van der Waals surface area contributed by atoms with E-state index in [1.165, 1.54) is 48.9 Å². The van der Waals surface area contributed by atoms with Crippen LogP contribution in [0.5, 0.6) is 11.5 Å². The molecule has 10 nitrogen and oxygen atoms in total. The third-order valence-corrected chi connectivity index (χ3v) is 8.62. The predicted molar refractivity (Wildman–Crippen MR) is 153 cm³/mol. The van der Waals surface area contributed by atoms with Crippen LogP contribution in [0, 0.1) is 13.8 Å². The van der Waals surface area contributed by atoms with Crippen molar-refractivity contribution in [3.63, 3.8) is 0 Å². The van der Waals surface area contributed by atoms with Crippen molar-refractivity contribution in [2.45, 2.75) is 31.6 Å². The lowest BCUT2D eigenvalue weighted by molar-refractivity contribution is -0.116. The van der Waals surface area contributed by atoms with Gasteiger partial charge in [-0.25, -0.2) is 16.8 Å². The predicted octanol–water partition coefficient (Wildman–Crippen LogP) is 4.31. The SMILES string of the molecule is COc1ccc(OC)c(NS(=O)(=O)c2ccc(NC(=O)CCCN(c3ccc(C)c(C)c3)S(C)(=O)=O)cc2)c1. The van der Waals surface area contributed by atoms with E-state index in [1.807, 2.05) is 26.0 Å². The van der Waals surface area contributed by atoms with Crippen LogP contribution < -0.4 is 23.8 Å². The lowest BCUT2D eigenvalue weighted by Gasteiger charge is -2.23. The Morgan fingerprint density at radius 3 is 2.15 bits per heavy atom. The maximum Gasteiger partial charge on any atom is 0.262 e. The minimum absolute atomic E-state index is 0.0115. The van der Waals surface area contributed by atoms with Gasteiger partial charge in [0, 0.05) is 24.7 Å². The summed E-state index contributed by atoms with van der Waals surface area (Å²) < 4.78 is 64.6. The second-order valence-electron chi connectivity index (χ2n) is 8.95. The number of amides is 1. The van der Waals surface area contributed by atoms with Gasteiger partial charge in [-0.15, -0.1) is 0 Å². The zero-order valence-electron chi connectivity index (χ0n) is 22.5. The van der Waals surface area contributed by atoms with Crippen LogP contribution in [-0.4, -0.2) is 49.8 Å². The van der Waals surface area contributed by atoms with Gasteiger partial charge in [-0.2, -0.15) is 0 Å². The molecule has 3 aromatic rings. The molecular formula is C27H33N3O7S2. The maximum absolute atomic E-state index is 12.9. The molecule has 1 amide bonds. The molecule has 0 saturated carbocycles. The molecule has 0 spiro atoms. The summed E-state index contributed by atoms with van der Waals surface area (Å²) in [4.78, 5) is 12.5. The van der Waals surface area contributed by atoms with Gasteiger partial charge in [0.1, 0.15) is 11.5 Å². The van der Waals surface area contributed by atoms with Gasteiger partial charge in [-0.1, -0.05) is 6.07 Å². The number of methoxy groups -OCH3 is 2. The van der Waals surface area contributed by atoms with Crippen molar-refractivity contribution in [2.24, 2.45) is 0 Å². The first-order valence-corrected chi connectivity index (χ1v) is 15.4. The van der Waals surface area contributed by atoms with Gasteiger partial charge in [-0.3, -0.25) is 13.8 Å². The summed E-state index contributed by atoms with van der Waals surface area (Å²) in [7, 11) is -4.58. The minimum Gasteiger partial charge on any atom is -0.497 e. The van der Waals surface area contributed by atoms with Gasteiger partial charge in [0.15, 0.2) is 0 Å². The number of anilines is 3. The van der Waals surface area contributed by atoms with E-state index in [0.29, 0.717) is 29.3 Å². The average molecular weight is 576 g/mol. The van der Waals surface area contributed by atoms with Crippen LogP contribution in [0.4, 0.5) is 17.1 Å². The molecule has 12 heteroatoms. The van der Waals surface area contributed by atoms with Crippen molar-refractivity contribution in [1.29, 1.82) is 0 Å². The van der Waals surface area contributed by atoms with Crippen molar-refractivity contribution in [1.82, 2.24) is 0 Å². The molecule has 0 heterocycles. The number of sulfonamides is 2. The molecule has 0 aromatic heterocycles. The molecule has 0 aliphatic rings. The molecule has 0 fully saturated rings. The number of carbonyl (C=O) groups excluding carboxylic acids is 1. The highest BCUT2D eigenvalue weighted by molar-refractivity contribution is 7.92. The number of nitrogens with one attached hydrogen (secondary N) is 2. The summed E-state index contributed by atoms with van der Waals surface area (Å²) in [6.45, 7) is 4.00. The molecule has 0 atom stereocenters. The second-order valence-corrected chi connectivity index (χ2v) is 12.5. The van der Waals surface area contributed by atoms with Gasteiger partial charge < -0.3 is 14.8 Å². The van der Waals surface area contributed by atoms with E-state index < -0.39 is 20.0 Å². The molecule has 0 aliphatic carbocycles. The van der Waals surface area contributed by atoms with Crippen LogP contribution in [0.1, 0.15) is 24.0 Å². The first kappa shape index (κ1) is 29.8. The van der Waals surface area contributed by atoms with E-state index in [1.54, 1.807) is 18.2 Å². The van der Waals surface area contributed by atoms with Gasteiger partial charge in [-0.05, 0) is 79.9 Å². The smallest absolute Gasteiger partial charge is 0.262 e. The monoisotopic (exact) mass is 575 g/mol. The summed E-state index contributed by atoms with van der Waals surface area (Å²) >= 11 is 0. The van der Waals surface area contributed by atoms with Crippen LogP contribution in [0.25, 0.3) is 0 Å². The molecule has 3 aromatic carbocycles. The highest BCUT2D eigenvalue weighted by Crippen LogP contribution is 2.31. The molecule has 3 rings (SSSR count). The third-order valence-electron chi connectivity index (χ3n) is 6.04. The first-order valence-electron chi connectivity index (χ1n) is 12.0. The Bertz CT molecular complexity index is 1540. The van der Waals surface area contributed by atoms with Crippen molar-refractivity contribution in [3.05, 3.63) is 71.8 Å². The maximum atomic E-state index is 12.9. The molecule has 2 N–H and O–H groups in total. The molecule has 0 saturated heterocycles. The fraction of sp³-hybridized carbons (Fsp3) is 0.296. The van der Waals surface area contributed by atoms with Crippen LogP contribution in [0.3, 0.4) is 0 Å². The molecule has 0 aliphatic heterocycles. The summed E-state index contributed by atoms with van der Waals surface area (Å²) in [5, 5.41) is 2.71. The number of nitrogens with zero attached hydrogens (tertiary/aromatic N) is 1. The summed E-state index contributed by atoms with van der Waals surface area (Å²) in [5.74, 6) is 0.466. The first-order chi connectivity index (χ1) is 18.3. The number of carbonyl (C=O) groups is 1. The van der Waals surface area contributed by atoms with E-state index in [-0.39, 0.29) is 29.5 Å². The molecule has 39 heavy (non-hydrogen) atoms. The molecule has 0 unspecified atom stereocenters. The zero-order chi connectivity index (χ0) is 28.8. The summed E-state index contributed by atoms with van der Waals surface area (Å²) in [5.41, 5.74) is 3.21. The molecule has 0 bridgehead atoms. The normalized spacial score (nSPS) is 11.5. The van der Waals surface area contributed by atoms with E-state index in [2.05, 4.69) is 10.0 Å². The van der Waals surface area contributed by atoms with Crippen molar-refractivity contribution in [3.8, 4) is 11.5 Å². The zero-order valence-corrected chi connectivity index (χ0v) is 24.1. The second kappa shape index (κ2) is 12.4. The molecule has 210 valence electrons. The van der Waals surface area contributed by atoms with Crippen LogP contribution >= 0.6 is 0 Å². The summed E-state index contributed by atoms with van der Waals surface area (Å²) in [6, 6.07) is 15.9. The highest BCUT2D eigenvalue weighted by Gasteiger charge is 2.19. The van der Waals surface area contributed by atoms with Gasteiger partial charge in [0.05, 0.1) is 36.7 Å². The van der Waals surface area contributed by atoms with Crippen molar-refractivity contribution >= 4 is 43.0 Å². The Morgan fingerprint density at radius 1 is 0.872 bits per heavy atom. The van der Waals surface area contributed by atoms with E-state index in [0.717, 1.165) is 17.4 Å². The lowest BCUT2D eigenvalue weighted by atomic mass is 10.1. The Balaban J connectivity index is 1.61. The van der Waals surface area contributed by atoms with Gasteiger partial charge in [0.25, 0.3) is 10.0 Å². The Hall–Kier alpha value is -3.77. The standard InChI is InChI=1S/C27H33N3O7S2/c1-19-8-11-22(17-20(19)2)30(38(5,32)33)16-6-7-27(31)28-21-9-13-24(14-10-21)39(34,35)29-25-18-23(36-3)12-15-26(25)37-4/h8-15,17-18,29H,6-7,16H2,1-5H3,(H,28,31). The number of benzene rings is 3. The van der Waals surface area contributed by atoms with E-state index in [4.69, 9.17) is 9.47 Å². The number of ether oxygens (including phenoxy) is 2. The lowest BCUT2D eigenvalue weighted by Crippen LogP contribution is -2.31. The van der Waals surface area contributed by atoms with Crippen LogP contribution in [-0.2, 0) is 24.8 Å². The molecular weight excluding hydrogens is 542 g/mol. The van der Waals surface area contributed by atoms with Crippen LogP contribution in [0.15, 0.2) is 65.6 Å². The minimum atomic E-state index is -3.95. The highest BCUT2D eigenvalue weighted by atomic mass is 32.2. The Kier molecular flexibility index (Phi) is 9.46. The fourth-order valence-corrected chi connectivity index (χ4v) is 5.81. The van der Waals surface area contributed by atoms with Crippen molar-refractivity contribution in [2.75, 3.05) is 41.4 Å². The number of aryl methyl sites for hydroxylation is 2. The largest absolute Gasteiger partial charge is 0.497 e. The quantitative estimate of drug-likeness (QED) is 0.329. The Morgan fingerprint density at radius 2 is 1.56 bits per heavy atom.